The predicted octanol–water partition coefficient (Wildman–Crippen LogP) is 5.94. The van der Waals surface area contributed by atoms with Crippen LogP contribution in [0.1, 0.15) is 40.8 Å². The van der Waals surface area contributed by atoms with Crippen molar-refractivity contribution in [2.45, 2.75) is 32.4 Å². The van der Waals surface area contributed by atoms with Crippen LogP contribution in [0.4, 0.5) is 13.2 Å². The second-order valence-corrected chi connectivity index (χ2v) is 9.68. The average molecular weight is 522 g/mol. The fourth-order valence-electron chi connectivity index (χ4n) is 3.15. The summed E-state index contributed by atoms with van der Waals surface area (Å²) in [4.78, 5) is 25.0. The molecule has 0 spiro atoms. The van der Waals surface area contributed by atoms with Crippen LogP contribution in [0.15, 0.2) is 46.4 Å². The molecule has 0 unspecified atom stereocenters. The van der Waals surface area contributed by atoms with Crippen molar-refractivity contribution in [2.75, 3.05) is 6.54 Å². The van der Waals surface area contributed by atoms with Gasteiger partial charge in [0.1, 0.15) is 5.01 Å². The third kappa shape index (κ3) is 5.51. The number of hydrogen-bond acceptors (Lipinski definition) is 7. The highest BCUT2D eigenvalue weighted by Crippen LogP contribution is 2.32. The van der Waals surface area contributed by atoms with E-state index in [2.05, 4.69) is 25.0 Å². The molecule has 0 radical (unpaired) electrons. The second kappa shape index (κ2) is 9.38. The molecule has 0 atom stereocenters. The maximum Gasteiger partial charge on any atom is 0.471 e. The molecule has 4 rings (SSSR count). The van der Waals surface area contributed by atoms with Crippen LogP contribution in [0.5, 0.6) is 0 Å². The van der Waals surface area contributed by atoms with E-state index in [1.807, 2.05) is 31.4 Å². The number of amides is 1. The first kappa shape index (κ1) is 24.8. The molecule has 3 heterocycles. The quantitative estimate of drug-likeness (QED) is 0.337. The van der Waals surface area contributed by atoms with Crippen molar-refractivity contribution in [1.29, 1.82) is 0 Å². The van der Waals surface area contributed by atoms with Gasteiger partial charge in [0.2, 0.25) is 5.82 Å². The summed E-state index contributed by atoms with van der Waals surface area (Å²) in [5, 5.41) is 9.64. The van der Waals surface area contributed by atoms with Gasteiger partial charge in [-0.2, -0.15) is 18.2 Å². The van der Waals surface area contributed by atoms with Gasteiger partial charge in [0, 0.05) is 45.4 Å². The lowest BCUT2D eigenvalue weighted by Gasteiger charge is -2.22. The summed E-state index contributed by atoms with van der Waals surface area (Å²) in [6.07, 6.45) is -3.43. The topological polar surface area (TPSA) is 93.8 Å². The molecule has 12 heteroatoms. The van der Waals surface area contributed by atoms with E-state index in [0.717, 1.165) is 16.3 Å². The van der Waals surface area contributed by atoms with Gasteiger partial charge in [0.05, 0.1) is 11.3 Å². The molecular formula is C23H19ClF3N5O2S. The lowest BCUT2D eigenvalue weighted by Crippen LogP contribution is -2.36. The zero-order chi connectivity index (χ0) is 25.4. The number of rotatable bonds is 6. The maximum absolute atomic E-state index is 12.8. The highest BCUT2D eigenvalue weighted by Gasteiger charge is 2.38. The Bertz CT molecular complexity index is 1370. The Hall–Kier alpha value is -3.31. The SMILES string of the molecule is Cc1ncc(C(=O)NCC(C)(C)c2nc(-c3ccc(Cl)cc3)cs2)cc1-c1noc(C(F)(F)F)n1. The van der Waals surface area contributed by atoms with Crippen molar-refractivity contribution >= 4 is 28.8 Å². The van der Waals surface area contributed by atoms with E-state index >= 15 is 0 Å². The van der Waals surface area contributed by atoms with Crippen LogP contribution in [-0.4, -0.2) is 32.6 Å². The Balaban J connectivity index is 1.48. The third-order valence-electron chi connectivity index (χ3n) is 5.17. The molecule has 7 nitrogen and oxygen atoms in total. The maximum atomic E-state index is 12.8. The van der Waals surface area contributed by atoms with E-state index in [9.17, 15) is 18.0 Å². The largest absolute Gasteiger partial charge is 0.471 e. The van der Waals surface area contributed by atoms with Crippen LogP contribution >= 0.6 is 22.9 Å². The number of aromatic nitrogens is 4. The number of carbonyl (C=O) groups is 1. The molecule has 3 aromatic heterocycles. The van der Waals surface area contributed by atoms with Gasteiger partial charge in [-0.3, -0.25) is 9.78 Å². The van der Waals surface area contributed by atoms with Gasteiger partial charge in [-0.25, -0.2) is 4.98 Å². The molecule has 0 saturated carbocycles. The molecule has 0 fully saturated rings. The molecule has 0 aliphatic carbocycles. The first-order chi connectivity index (χ1) is 16.4. The van der Waals surface area contributed by atoms with Crippen LogP contribution < -0.4 is 5.32 Å². The van der Waals surface area contributed by atoms with Gasteiger partial charge in [-0.15, -0.1) is 11.3 Å². The molecular weight excluding hydrogens is 503 g/mol. The lowest BCUT2D eigenvalue weighted by molar-refractivity contribution is -0.159. The molecule has 4 aromatic rings. The fraction of sp³-hybridized carbons (Fsp3) is 0.261. The van der Waals surface area contributed by atoms with Crippen molar-refractivity contribution in [2.24, 2.45) is 0 Å². The summed E-state index contributed by atoms with van der Waals surface area (Å²) in [7, 11) is 0. The molecule has 1 aromatic carbocycles. The summed E-state index contributed by atoms with van der Waals surface area (Å²) in [6, 6.07) is 8.75. The van der Waals surface area contributed by atoms with Crippen LogP contribution in [0, 0.1) is 6.92 Å². The highest BCUT2D eigenvalue weighted by molar-refractivity contribution is 7.10. The second-order valence-electron chi connectivity index (χ2n) is 8.39. The fourth-order valence-corrected chi connectivity index (χ4v) is 4.23. The van der Waals surface area contributed by atoms with E-state index in [1.54, 1.807) is 19.1 Å². The number of carbonyl (C=O) groups excluding carboxylic acids is 1. The average Bonchev–Trinajstić information content (AvgIpc) is 3.49. The minimum Gasteiger partial charge on any atom is -0.351 e. The number of benzene rings is 1. The number of pyridine rings is 1. The van der Waals surface area contributed by atoms with Crippen molar-refractivity contribution < 1.29 is 22.5 Å². The van der Waals surface area contributed by atoms with Gasteiger partial charge < -0.3 is 9.84 Å². The van der Waals surface area contributed by atoms with Crippen LogP contribution in [0.25, 0.3) is 22.6 Å². The zero-order valence-electron chi connectivity index (χ0n) is 18.8. The minimum atomic E-state index is -4.77. The number of nitrogens with zero attached hydrogens (tertiary/aromatic N) is 4. The van der Waals surface area contributed by atoms with E-state index in [4.69, 9.17) is 16.6 Å². The summed E-state index contributed by atoms with van der Waals surface area (Å²) in [6.45, 7) is 5.75. The van der Waals surface area contributed by atoms with Crippen molar-refractivity contribution in [3.05, 3.63) is 69.1 Å². The minimum absolute atomic E-state index is 0.153. The number of nitrogens with one attached hydrogen (secondary N) is 1. The predicted molar refractivity (Wildman–Crippen MR) is 125 cm³/mol. The number of hydrogen-bond donors (Lipinski definition) is 1. The summed E-state index contributed by atoms with van der Waals surface area (Å²) >= 11 is 7.43. The third-order valence-corrected chi connectivity index (χ3v) is 6.63. The normalized spacial score (nSPS) is 12.1. The number of thiazole rings is 1. The van der Waals surface area contributed by atoms with E-state index in [-0.39, 0.29) is 23.5 Å². The van der Waals surface area contributed by atoms with Crippen LogP contribution in [0.2, 0.25) is 5.02 Å². The molecule has 0 saturated heterocycles. The van der Waals surface area contributed by atoms with E-state index in [0.29, 0.717) is 10.7 Å². The van der Waals surface area contributed by atoms with Crippen LogP contribution in [-0.2, 0) is 11.6 Å². The van der Waals surface area contributed by atoms with Gasteiger partial charge >= 0.3 is 12.1 Å². The molecule has 35 heavy (non-hydrogen) atoms. The molecule has 0 bridgehead atoms. The van der Waals surface area contributed by atoms with Crippen LogP contribution in [0.3, 0.4) is 0 Å². The van der Waals surface area contributed by atoms with E-state index < -0.39 is 23.4 Å². The first-order valence-electron chi connectivity index (χ1n) is 10.3. The molecule has 182 valence electrons. The smallest absolute Gasteiger partial charge is 0.351 e. The lowest BCUT2D eigenvalue weighted by atomic mass is 9.94. The Morgan fingerprint density at radius 3 is 2.54 bits per heavy atom. The van der Waals surface area contributed by atoms with Gasteiger partial charge in [-0.05, 0) is 25.1 Å². The Morgan fingerprint density at radius 2 is 1.89 bits per heavy atom. The van der Waals surface area contributed by atoms with Crippen molar-refractivity contribution in [1.82, 2.24) is 25.4 Å². The Morgan fingerprint density at radius 1 is 1.17 bits per heavy atom. The van der Waals surface area contributed by atoms with Crippen molar-refractivity contribution in [3.63, 3.8) is 0 Å². The summed E-state index contributed by atoms with van der Waals surface area (Å²) < 4.78 is 42.7. The van der Waals surface area contributed by atoms with Crippen molar-refractivity contribution in [3.8, 4) is 22.6 Å². The molecule has 1 amide bonds. The molecule has 0 aliphatic heterocycles. The first-order valence-corrected chi connectivity index (χ1v) is 11.6. The highest BCUT2D eigenvalue weighted by atomic mass is 35.5. The van der Waals surface area contributed by atoms with Gasteiger partial charge in [-0.1, -0.05) is 42.7 Å². The monoisotopic (exact) mass is 521 g/mol. The van der Waals surface area contributed by atoms with Gasteiger partial charge in [0.25, 0.3) is 5.91 Å². The molecule has 0 aliphatic rings. The number of alkyl halides is 3. The Kier molecular flexibility index (Phi) is 6.65. The standard InChI is InChI=1S/C23H19ClF3N5O2S/c1-12-16(18-31-20(34-32-18)23(25,26)27)8-14(9-28-12)19(33)29-11-22(2,3)21-30-17(10-35-21)13-4-6-15(24)7-5-13/h4-10H,11H2,1-3H3,(H,29,33). The summed E-state index contributed by atoms with van der Waals surface area (Å²) in [5.74, 6) is -2.21. The zero-order valence-corrected chi connectivity index (χ0v) is 20.3. The number of halogens is 4. The number of aryl methyl sites for hydroxylation is 1. The Labute approximate surface area is 207 Å². The summed E-state index contributed by atoms with van der Waals surface area (Å²) in [5.41, 5.74) is 1.94. The van der Waals surface area contributed by atoms with Gasteiger partial charge in [0.15, 0.2) is 0 Å². The van der Waals surface area contributed by atoms with E-state index in [1.165, 1.54) is 23.6 Å². The molecule has 1 N–H and O–H groups in total.